The van der Waals surface area contributed by atoms with Crippen LogP contribution in [0.25, 0.3) is 0 Å². The maximum atomic E-state index is 5.96. The van der Waals surface area contributed by atoms with E-state index in [-0.39, 0.29) is 6.10 Å². The summed E-state index contributed by atoms with van der Waals surface area (Å²) in [6, 6.07) is 5.83. The summed E-state index contributed by atoms with van der Waals surface area (Å²) in [4.78, 5) is 2.16. The third-order valence-corrected chi connectivity index (χ3v) is 3.11. The van der Waals surface area contributed by atoms with Gasteiger partial charge in [-0.05, 0) is 37.9 Å². The van der Waals surface area contributed by atoms with Crippen LogP contribution in [0.1, 0.15) is 5.56 Å². The average Bonchev–Trinajstić information content (AvgIpc) is 2.66. The van der Waals surface area contributed by atoms with E-state index in [0.717, 1.165) is 36.8 Å². The quantitative estimate of drug-likeness (QED) is 0.811. The van der Waals surface area contributed by atoms with Crippen LogP contribution < -0.4 is 10.1 Å². The van der Waals surface area contributed by atoms with Crippen molar-refractivity contribution in [3.05, 3.63) is 28.8 Å². The first-order valence-corrected chi connectivity index (χ1v) is 6.33. The van der Waals surface area contributed by atoms with Gasteiger partial charge < -0.3 is 15.0 Å². The second-order valence-electron chi connectivity index (χ2n) is 4.70. The number of halogens is 1. The Morgan fingerprint density at radius 2 is 2.29 bits per heavy atom. The second kappa shape index (κ2) is 5.71. The normalized spacial score (nSPS) is 18.2. The molecule has 0 aliphatic carbocycles. The highest BCUT2D eigenvalue weighted by Gasteiger charge is 2.22. The molecule has 1 aromatic rings. The Kier molecular flexibility index (Phi) is 4.26. The SMILES string of the molecule is CN(C)CCNCC1Cc2cc(Cl)ccc2O1. The predicted octanol–water partition coefficient (Wildman–Crippen LogP) is 1.79. The first kappa shape index (κ1) is 12.7. The standard InChI is InChI=1S/C13H19ClN2O/c1-16(2)6-5-15-9-12-8-10-7-11(14)3-4-13(10)17-12/h3-4,7,12,15H,5-6,8-9H2,1-2H3. The number of ether oxygens (including phenoxy) is 1. The fraction of sp³-hybridized carbons (Fsp3) is 0.538. The molecule has 94 valence electrons. The van der Waals surface area contributed by atoms with Crippen LogP contribution in [0.15, 0.2) is 18.2 Å². The molecule has 1 aliphatic heterocycles. The number of nitrogens with one attached hydrogen (secondary N) is 1. The third-order valence-electron chi connectivity index (χ3n) is 2.87. The molecule has 0 fully saturated rings. The molecule has 2 rings (SSSR count). The van der Waals surface area contributed by atoms with Crippen molar-refractivity contribution < 1.29 is 4.74 Å². The second-order valence-corrected chi connectivity index (χ2v) is 5.14. The summed E-state index contributed by atoms with van der Waals surface area (Å²) in [5.74, 6) is 0.980. The summed E-state index contributed by atoms with van der Waals surface area (Å²) >= 11 is 5.96. The van der Waals surface area contributed by atoms with Crippen molar-refractivity contribution in [3.63, 3.8) is 0 Å². The molecule has 4 heteroatoms. The zero-order chi connectivity index (χ0) is 12.3. The molecule has 0 aromatic heterocycles. The number of nitrogens with zero attached hydrogens (tertiary/aromatic N) is 1. The molecule has 0 bridgehead atoms. The minimum atomic E-state index is 0.241. The van der Waals surface area contributed by atoms with Gasteiger partial charge in [-0.25, -0.2) is 0 Å². The van der Waals surface area contributed by atoms with Crippen molar-refractivity contribution in [1.29, 1.82) is 0 Å². The highest BCUT2D eigenvalue weighted by Crippen LogP contribution is 2.30. The minimum absolute atomic E-state index is 0.241. The van der Waals surface area contributed by atoms with Gasteiger partial charge in [-0.15, -0.1) is 0 Å². The summed E-state index contributed by atoms with van der Waals surface area (Å²) in [5, 5.41) is 4.19. The lowest BCUT2D eigenvalue weighted by atomic mass is 10.1. The van der Waals surface area contributed by atoms with Crippen molar-refractivity contribution in [2.45, 2.75) is 12.5 Å². The molecular formula is C13H19ClN2O. The van der Waals surface area contributed by atoms with Crippen LogP contribution in [0.5, 0.6) is 5.75 Å². The first-order valence-electron chi connectivity index (χ1n) is 5.95. The summed E-state index contributed by atoms with van der Waals surface area (Å²) in [6.45, 7) is 2.93. The van der Waals surface area contributed by atoms with E-state index in [0.29, 0.717) is 0 Å². The molecule has 1 heterocycles. The van der Waals surface area contributed by atoms with Gasteiger partial charge in [-0.3, -0.25) is 0 Å². The number of fused-ring (bicyclic) bond motifs is 1. The molecule has 0 spiro atoms. The molecule has 1 unspecified atom stereocenters. The lowest BCUT2D eigenvalue weighted by molar-refractivity contribution is 0.225. The van der Waals surface area contributed by atoms with Crippen LogP contribution in [0.4, 0.5) is 0 Å². The molecule has 0 radical (unpaired) electrons. The number of likely N-dealkylation sites (N-methyl/N-ethyl adjacent to an activating group) is 1. The van der Waals surface area contributed by atoms with Gasteiger partial charge in [-0.2, -0.15) is 0 Å². The molecule has 0 saturated carbocycles. The van der Waals surface area contributed by atoms with Gasteiger partial charge in [0.05, 0.1) is 0 Å². The predicted molar refractivity (Wildman–Crippen MR) is 71.0 cm³/mol. The van der Waals surface area contributed by atoms with E-state index >= 15 is 0 Å². The van der Waals surface area contributed by atoms with Gasteiger partial charge in [-0.1, -0.05) is 11.6 Å². The number of benzene rings is 1. The van der Waals surface area contributed by atoms with Gasteiger partial charge in [0.25, 0.3) is 0 Å². The van der Waals surface area contributed by atoms with E-state index in [9.17, 15) is 0 Å². The van der Waals surface area contributed by atoms with Crippen LogP contribution in [0.3, 0.4) is 0 Å². The topological polar surface area (TPSA) is 24.5 Å². The van der Waals surface area contributed by atoms with Crippen molar-refractivity contribution in [2.24, 2.45) is 0 Å². The maximum Gasteiger partial charge on any atom is 0.123 e. The summed E-state index contributed by atoms with van der Waals surface area (Å²) in [5.41, 5.74) is 1.22. The van der Waals surface area contributed by atoms with Gasteiger partial charge >= 0.3 is 0 Å². The van der Waals surface area contributed by atoms with Crippen LogP contribution in [0.2, 0.25) is 5.02 Å². The van der Waals surface area contributed by atoms with Gasteiger partial charge in [0, 0.05) is 31.1 Å². The van der Waals surface area contributed by atoms with E-state index in [1.54, 1.807) is 0 Å². The maximum absolute atomic E-state index is 5.96. The molecule has 1 aromatic carbocycles. The Morgan fingerprint density at radius 1 is 1.47 bits per heavy atom. The van der Waals surface area contributed by atoms with Crippen molar-refractivity contribution in [2.75, 3.05) is 33.7 Å². The van der Waals surface area contributed by atoms with E-state index in [1.165, 1.54) is 5.56 Å². The van der Waals surface area contributed by atoms with Crippen LogP contribution in [-0.4, -0.2) is 44.7 Å². The highest BCUT2D eigenvalue weighted by molar-refractivity contribution is 6.30. The zero-order valence-electron chi connectivity index (χ0n) is 10.4. The summed E-state index contributed by atoms with van der Waals surface area (Å²) in [6.07, 6.45) is 1.19. The molecule has 1 atom stereocenters. The van der Waals surface area contributed by atoms with E-state index < -0.39 is 0 Å². The number of hydrogen-bond acceptors (Lipinski definition) is 3. The fourth-order valence-electron chi connectivity index (χ4n) is 1.97. The summed E-state index contributed by atoms with van der Waals surface area (Å²) < 4.78 is 5.83. The Morgan fingerprint density at radius 3 is 3.06 bits per heavy atom. The molecule has 0 amide bonds. The molecular weight excluding hydrogens is 236 g/mol. The van der Waals surface area contributed by atoms with Crippen molar-refractivity contribution in [3.8, 4) is 5.75 Å². The highest BCUT2D eigenvalue weighted by atomic mass is 35.5. The van der Waals surface area contributed by atoms with Crippen molar-refractivity contribution in [1.82, 2.24) is 10.2 Å². The van der Waals surface area contributed by atoms with Gasteiger partial charge in [0.15, 0.2) is 0 Å². The molecule has 0 saturated heterocycles. The third kappa shape index (κ3) is 3.60. The Balaban J connectivity index is 1.76. The van der Waals surface area contributed by atoms with E-state index in [2.05, 4.69) is 24.3 Å². The zero-order valence-corrected chi connectivity index (χ0v) is 11.1. The minimum Gasteiger partial charge on any atom is -0.488 e. The molecule has 1 N–H and O–H groups in total. The van der Waals surface area contributed by atoms with Crippen LogP contribution in [0, 0.1) is 0 Å². The lowest BCUT2D eigenvalue weighted by Gasteiger charge is -2.14. The molecule has 17 heavy (non-hydrogen) atoms. The Hall–Kier alpha value is -0.770. The van der Waals surface area contributed by atoms with Crippen molar-refractivity contribution >= 4 is 11.6 Å². The smallest absolute Gasteiger partial charge is 0.123 e. The number of rotatable bonds is 5. The summed E-state index contributed by atoms with van der Waals surface area (Å²) in [7, 11) is 4.15. The molecule has 1 aliphatic rings. The largest absolute Gasteiger partial charge is 0.488 e. The Bertz CT molecular complexity index is 382. The fourth-order valence-corrected chi connectivity index (χ4v) is 2.16. The van der Waals surface area contributed by atoms with Gasteiger partial charge in [0.2, 0.25) is 0 Å². The Labute approximate surface area is 108 Å². The number of hydrogen-bond donors (Lipinski definition) is 1. The average molecular weight is 255 g/mol. The van der Waals surface area contributed by atoms with Crippen LogP contribution in [-0.2, 0) is 6.42 Å². The van der Waals surface area contributed by atoms with E-state index in [4.69, 9.17) is 16.3 Å². The lowest BCUT2D eigenvalue weighted by Crippen LogP contribution is -2.34. The van der Waals surface area contributed by atoms with Crippen LogP contribution >= 0.6 is 11.6 Å². The first-order chi connectivity index (χ1) is 8.15. The van der Waals surface area contributed by atoms with E-state index in [1.807, 2.05) is 18.2 Å². The monoisotopic (exact) mass is 254 g/mol. The molecule has 3 nitrogen and oxygen atoms in total. The van der Waals surface area contributed by atoms with Gasteiger partial charge in [0.1, 0.15) is 11.9 Å².